The van der Waals surface area contributed by atoms with Crippen molar-refractivity contribution in [3.8, 4) is 0 Å². The Morgan fingerprint density at radius 2 is 1.84 bits per heavy atom. The molecule has 0 bridgehead atoms. The predicted octanol–water partition coefficient (Wildman–Crippen LogP) is 4.32. The summed E-state index contributed by atoms with van der Waals surface area (Å²) >= 11 is 12.1. The Morgan fingerprint density at radius 1 is 1.21 bits per heavy atom. The maximum Gasteiger partial charge on any atom is 0.221 e. The number of hydrogen-bond donors (Lipinski definition) is 1. The summed E-state index contributed by atoms with van der Waals surface area (Å²) in [4.78, 5) is 11.7. The molecule has 1 unspecified atom stereocenters. The van der Waals surface area contributed by atoms with E-state index in [1.54, 1.807) is 0 Å². The number of carbonyl (C=O) groups is 1. The van der Waals surface area contributed by atoms with Gasteiger partial charge in [0.15, 0.2) is 0 Å². The number of primary amides is 1. The molecule has 0 aliphatic heterocycles. The van der Waals surface area contributed by atoms with Gasteiger partial charge in [-0.25, -0.2) is 0 Å². The molecule has 0 spiro atoms. The molecule has 1 fully saturated rings. The highest BCUT2D eigenvalue weighted by atomic mass is 35.5. The van der Waals surface area contributed by atoms with E-state index < -0.39 is 0 Å². The number of halogens is 2. The highest BCUT2D eigenvalue weighted by molar-refractivity contribution is 6.42. The molecule has 1 aliphatic carbocycles. The van der Waals surface area contributed by atoms with Crippen LogP contribution in [0.15, 0.2) is 18.2 Å². The zero-order valence-electron chi connectivity index (χ0n) is 11.1. The van der Waals surface area contributed by atoms with E-state index in [9.17, 15) is 4.79 Å². The van der Waals surface area contributed by atoms with Gasteiger partial charge < -0.3 is 5.73 Å². The van der Waals surface area contributed by atoms with Crippen LogP contribution in [0.5, 0.6) is 0 Å². The van der Waals surface area contributed by atoms with Crippen LogP contribution < -0.4 is 5.73 Å². The number of nitrogens with two attached hydrogens (primary N) is 1. The Kier molecular flexibility index (Phi) is 4.42. The molecule has 1 atom stereocenters. The van der Waals surface area contributed by atoms with Gasteiger partial charge in [-0.1, -0.05) is 55.5 Å². The second kappa shape index (κ2) is 5.72. The van der Waals surface area contributed by atoms with Crippen LogP contribution in [-0.2, 0) is 10.2 Å². The van der Waals surface area contributed by atoms with E-state index in [4.69, 9.17) is 28.9 Å². The predicted molar refractivity (Wildman–Crippen MR) is 79.6 cm³/mol. The molecule has 1 aliphatic rings. The molecular weight excluding hydrogens is 281 g/mol. The van der Waals surface area contributed by atoms with Gasteiger partial charge in [0.25, 0.3) is 0 Å². The fourth-order valence-corrected chi connectivity index (χ4v) is 3.53. The fraction of sp³-hybridized carbons (Fsp3) is 0.533. The molecule has 2 nitrogen and oxygen atoms in total. The minimum atomic E-state index is -0.243. The van der Waals surface area contributed by atoms with Crippen molar-refractivity contribution in [2.24, 2.45) is 11.7 Å². The normalized spacial score (nSPS) is 19.9. The number of benzene rings is 1. The van der Waals surface area contributed by atoms with Crippen molar-refractivity contribution in [3.05, 3.63) is 33.8 Å². The van der Waals surface area contributed by atoms with Crippen LogP contribution in [-0.4, -0.2) is 5.91 Å². The molecule has 0 aromatic heterocycles. The molecule has 0 saturated heterocycles. The molecule has 4 heteroatoms. The summed E-state index contributed by atoms with van der Waals surface area (Å²) in [5.41, 5.74) is 6.47. The monoisotopic (exact) mass is 299 g/mol. The lowest BCUT2D eigenvalue weighted by atomic mass is 9.62. The molecule has 0 radical (unpaired) electrons. The lowest BCUT2D eigenvalue weighted by Gasteiger charge is -2.41. The van der Waals surface area contributed by atoms with Crippen LogP contribution >= 0.6 is 23.2 Å². The summed E-state index contributed by atoms with van der Waals surface area (Å²) in [6.07, 6.45) is 5.43. The summed E-state index contributed by atoms with van der Waals surface area (Å²) in [5, 5.41) is 1.09. The van der Waals surface area contributed by atoms with E-state index in [-0.39, 0.29) is 17.2 Å². The van der Waals surface area contributed by atoms with Gasteiger partial charge in [0, 0.05) is 11.3 Å². The summed E-state index contributed by atoms with van der Waals surface area (Å²) in [6.45, 7) is 1.93. The van der Waals surface area contributed by atoms with Crippen molar-refractivity contribution in [1.29, 1.82) is 0 Å². The standard InChI is InChI=1S/C15H19Cl2NO/c1-10(14(18)19)15(7-3-2-4-8-15)11-5-6-12(16)13(17)9-11/h5-6,9-10H,2-4,7-8H2,1H3,(H2,18,19). The molecule has 19 heavy (non-hydrogen) atoms. The molecule has 1 aromatic carbocycles. The van der Waals surface area contributed by atoms with Crippen molar-refractivity contribution in [2.45, 2.75) is 44.4 Å². The molecule has 1 aromatic rings. The lowest BCUT2D eigenvalue weighted by Crippen LogP contribution is -2.42. The Labute approximate surface area is 124 Å². The first-order valence-corrected chi connectivity index (χ1v) is 7.48. The summed E-state index contributed by atoms with van der Waals surface area (Å²) in [6, 6.07) is 5.69. The van der Waals surface area contributed by atoms with E-state index in [0.29, 0.717) is 10.0 Å². The first kappa shape index (κ1) is 14.7. The lowest BCUT2D eigenvalue weighted by molar-refractivity contribution is -0.124. The van der Waals surface area contributed by atoms with Crippen LogP contribution in [0.25, 0.3) is 0 Å². The number of carbonyl (C=O) groups excluding carboxylic acids is 1. The molecule has 2 N–H and O–H groups in total. The third kappa shape index (κ3) is 2.75. The Morgan fingerprint density at radius 3 is 2.37 bits per heavy atom. The Balaban J connectivity index is 2.47. The van der Waals surface area contributed by atoms with Gasteiger partial charge >= 0.3 is 0 Å². The molecule has 104 valence electrons. The first-order chi connectivity index (χ1) is 8.97. The molecule has 1 saturated carbocycles. The highest BCUT2D eigenvalue weighted by Crippen LogP contribution is 2.46. The van der Waals surface area contributed by atoms with Gasteiger partial charge in [0.2, 0.25) is 5.91 Å². The van der Waals surface area contributed by atoms with Crippen molar-refractivity contribution in [1.82, 2.24) is 0 Å². The summed E-state index contributed by atoms with van der Waals surface area (Å²) in [7, 11) is 0. The third-order valence-electron chi connectivity index (χ3n) is 4.50. The molecule has 0 heterocycles. The van der Waals surface area contributed by atoms with Crippen molar-refractivity contribution >= 4 is 29.1 Å². The zero-order valence-corrected chi connectivity index (χ0v) is 12.6. The quantitative estimate of drug-likeness (QED) is 0.887. The first-order valence-electron chi connectivity index (χ1n) is 6.72. The smallest absolute Gasteiger partial charge is 0.221 e. The average molecular weight is 300 g/mol. The van der Waals surface area contributed by atoms with Crippen LogP contribution in [0.4, 0.5) is 0 Å². The maximum atomic E-state index is 11.7. The summed E-state index contributed by atoms with van der Waals surface area (Å²) in [5.74, 6) is -0.432. The molecular formula is C15H19Cl2NO. The minimum Gasteiger partial charge on any atom is -0.369 e. The van der Waals surface area contributed by atoms with Gasteiger partial charge in [-0.3, -0.25) is 4.79 Å². The van der Waals surface area contributed by atoms with Crippen molar-refractivity contribution < 1.29 is 4.79 Å². The Hall–Kier alpha value is -0.730. The van der Waals surface area contributed by atoms with Gasteiger partial charge in [0.1, 0.15) is 0 Å². The van der Waals surface area contributed by atoms with Gasteiger partial charge in [-0.2, -0.15) is 0 Å². The van der Waals surface area contributed by atoms with Gasteiger partial charge in [-0.15, -0.1) is 0 Å². The number of hydrogen-bond acceptors (Lipinski definition) is 1. The van der Waals surface area contributed by atoms with Crippen molar-refractivity contribution in [2.75, 3.05) is 0 Å². The van der Waals surface area contributed by atoms with Crippen molar-refractivity contribution in [3.63, 3.8) is 0 Å². The minimum absolute atomic E-state index is 0.182. The van der Waals surface area contributed by atoms with E-state index in [1.165, 1.54) is 6.42 Å². The zero-order chi connectivity index (χ0) is 14.0. The van der Waals surface area contributed by atoms with Crippen LogP contribution in [0.1, 0.15) is 44.6 Å². The molecule has 2 rings (SSSR count). The third-order valence-corrected chi connectivity index (χ3v) is 5.23. The highest BCUT2D eigenvalue weighted by Gasteiger charge is 2.41. The average Bonchev–Trinajstić information content (AvgIpc) is 2.41. The van der Waals surface area contributed by atoms with E-state index in [1.807, 2.05) is 25.1 Å². The van der Waals surface area contributed by atoms with Crippen LogP contribution in [0.2, 0.25) is 10.0 Å². The van der Waals surface area contributed by atoms with Crippen LogP contribution in [0, 0.1) is 5.92 Å². The summed E-state index contributed by atoms with van der Waals surface area (Å²) < 4.78 is 0. The fourth-order valence-electron chi connectivity index (χ4n) is 3.23. The van der Waals surface area contributed by atoms with E-state index in [0.717, 1.165) is 31.2 Å². The van der Waals surface area contributed by atoms with Gasteiger partial charge in [0.05, 0.1) is 10.0 Å². The Bertz CT molecular complexity index is 481. The second-order valence-electron chi connectivity index (χ2n) is 5.47. The SMILES string of the molecule is CC(C(N)=O)C1(c2ccc(Cl)c(Cl)c2)CCCCC1. The molecule has 1 amide bonds. The van der Waals surface area contributed by atoms with Crippen LogP contribution in [0.3, 0.4) is 0 Å². The second-order valence-corrected chi connectivity index (χ2v) is 6.28. The number of amides is 1. The number of rotatable bonds is 3. The van der Waals surface area contributed by atoms with E-state index in [2.05, 4.69) is 0 Å². The maximum absolute atomic E-state index is 11.7. The van der Waals surface area contributed by atoms with Gasteiger partial charge in [-0.05, 0) is 30.5 Å². The largest absolute Gasteiger partial charge is 0.369 e. The van der Waals surface area contributed by atoms with E-state index >= 15 is 0 Å². The topological polar surface area (TPSA) is 43.1 Å².